The lowest BCUT2D eigenvalue weighted by Crippen LogP contribution is -2.50. The fourth-order valence-corrected chi connectivity index (χ4v) is 4.38. The van der Waals surface area contributed by atoms with Gasteiger partial charge in [-0.05, 0) is 49.0 Å². The standard InChI is InChI=1S/C23H32N2O6/c1-14(2)21-22(27)24(18-11-8-16(25(28)29)12-19(18)31-21)13-20(26)30-17-9-6-15(7-10-17)23(3,4)5/h8,11-12,14-15,17,21H,6-7,9-10,13H2,1-5H3. The van der Waals surface area contributed by atoms with Crippen molar-refractivity contribution in [1.82, 2.24) is 0 Å². The van der Waals surface area contributed by atoms with E-state index in [4.69, 9.17) is 9.47 Å². The molecule has 0 spiro atoms. The van der Waals surface area contributed by atoms with Crippen molar-refractivity contribution < 1.29 is 24.0 Å². The van der Waals surface area contributed by atoms with Gasteiger partial charge in [-0.1, -0.05) is 34.6 Å². The van der Waals surface area contributed by atoms with Gasteiger partial charge >= 0.3 is 5.97 Å². The van der Waals surface area contributed by atoms with Crippen LogP contribution in [-0.4, -0.2) is 35.6 Å². The number of hydrogen-bond donors (Lipinski definition) is 0. The second-order valence-electron chi connectivity index (χ2n) is 9.95. The number of carbonyl (C=O) groups is 2. The van der Waals surface area contributed by atoms with E-state index in [1.165, 1.54) is 23.1 Å². The minimum atomic E-state index is -0.815. The van der Waals surface area contributed by atoms with Gasteiger partial charge < -0.3 is 9.47 Å². The summed E-state index contributed by atoms with van der Waals surface area (Å²) in [5.41, 5.74) is 0.461. The summed E-state index contributed by atoms with van der Waals surface area (Å²) in [7, 11) is 0. The topological polar surface area (TPSA) is 99.0 Å². The Hall–Kier alpha value is -2.64. The van der Waals surface area contributed by atoms with Gasteiger partial charge in [0.25, 0.3) is 11.6 Å². The lowest BCUT2D eigenvalue weighted by atomic mass is 9.72. The quantitative estimate of drug-likeness (QED) is 0.386. The molecule has 0 N–H and O–H groups in total. The third-order valence-electron chi connectivity index (χ3n) is 6.30. The predicted octanol–water partition coefficient (Wildman–Crippen LogP) is 4.49. The van der Waals surface area contributed by atoms with E-state index in [-0.39, 0.29) is 41.3 Å². The third-order valence-corrected chi connectivity index (χ3v) is 6.30. The fraction of sp³-hybridized carbons (Fsp3) is 0.652. The molecule has 1 aliphatic carbocycles. The van der Waals surface area contributed by atoms with Crippen LogP contribution < -0.4 is 9.64 Å². The fourth-order valence-electron chi connectivity index (χ4n) is 4.38. The number of anilines is 1. The van der Waals surface area contributed by atoms with E-state index >= 15 is 0 Å². The summed E-state index contributed by atoms with van der Waals surface area (Å²) in [6.07, 6.45) is 2.72. The lowest BCUT2D eigenvalue weighted by Gasteiger charge is -2.37. The zero-order chi connectivity index (χ0) is 22.9. The summed E-state index contributed by atoms with van der Waals surface area (Å²) in [5, 5.41) is 11.1. The molecule has 1 fully saturated rings. The number of nitro groups is 1. The van der Waals surface area contributed by atoms with Crippen molar-refractivity contribution in [2.75, 3.05) is 11.4 Å². The molecule has 8 heteroatoms. The molecule has 0 aromatic heterocycles. The van der Waals surface area contributed by atoms with E-state index in [9.17, 15) is 19.7 Å². The van der Waals surface area contributed by atoms with E-state index in [0.29, 0.717) is 11.6 Å². The molecule has 1 heterocycles. The van der Waals surface area contributed by atoms with Crippen LogP contribution in [0, 0.1) is 27.4 Å². The number of non-ortho nitro benzene ring substituents is 1. The van der Waals surface area contributed by atoms with Crippen LogP contribution in [0.4, 0.5) is 11.4 Å². The van der Waals surface area contributed by atoms with Crippen LogP contribution >= 0.6 is 0 Å². The Balaban J connectivity index is 1.72. The largest absolute Gasteiger partial charge is 0.478 e. The Morgan fingerprint density at radius 2 is 1.90 bits per heavy atom. The van der Waals surface area contributed by atoms with Crippen molar-refractivity contribution in [2.45, 2.75) is 72.5 Å². The summed E-state index contributed by atoms with van der Waals surface area (Å²) < 4.78 is 11.4. The molecule has 0 bridgehead atoms. The first kappa shape index (κ1) is 23.0. The molecule has 0 saturated heterocycles. The van der Waals surface area contributed by atoms with Gasteiger partial charge in [0.05, 0.1) is 16.7 Å². The second kappa shape index (κ2) is 8.85. The lowest BCUT2D eigenvalue weighted by molar-refractivity contribution is -0.384. The van der Waals surface area contributed by atoms with Crippen LogP contribution in [0.2, 0.25) is 0 Å². The predicted molar refractivity (Wildman–Crippen MR) is 116 cm³/mol. The number of fused-ring (bicyclic) bond motifs is 1. The van der Waals surface area contributed by atoms with E-state index < -0.39 is 17.0 Å². The van der Waals surface area contributed by atoms with Gasteiger partial charge in [0.2, 0.25) is 0 Å². The highest BCUT2D eigenvalue weighted by Crippen LogP contribution is 2.40. The molecule has 1 aliphatic heterocycles. The van der Waals surface area contributed by atoms with Crippen LogP contribution in [0.3, 0.4) is 0 Å². The maximum atomic E-state index is 13.0. The average molecular weight is 433 g/mol. The zero-order valence-electron chi connectivity index (χ0n) is 18.9. The number of benzene rings is 1. The van der Waals surface area contributed by atoms with Gasteiger partial charge in [0.1, 0.15) is 12.6 Å². The molecule has 1 aromatic rings. The number of hydrogen-bond acceptors (Lipinski definition) is 6. The minimum Gasteiger partial charge on any atom is -0.478 e. The van der Waals surface area contributed by atoms with Crippen molar-refractivity contribution >= 4 is 23.3 Å². The van der Waals surface area contributed by atoms with Gasteiger partial charge in [-0.3, -0.25) is 24.6 Å². The number of esters is 1. The first-order valence-electron chi connectivity index (χ1n) is 10.9. The normalized spacial score (nSPS) is 23.9. The number of carbonyl (C=O) groups excluding carboxylic acids is 2. The molecular weight excluding hydrogens is 400 g/mol. The minimum absolute atomic E-state index is 0.131. The second-order valence-corrected chi connectivity index (χ2v) is 9.95. The first-order chi connectivity index (χ1) is 14.5. The number of nitro benzene ring substituents is 1. The molecule has 1 saturated carbocycles. The van der Waals surface area contributed by atoms with E-state index in [1.807, 2.05) is 13.8 Å². The molecule has 1 unspecified atom stereocenters. The van der Waals surface area contributed by atoms with Crippen LogP contribution in [0.5, 0.6) is 5.75 Å². The maximum Gasteiger partial charge on any atom is 0.326 e. The number of nitrogens with zero attached hydrogens (tertiary/aromatic N) is 2. The Bertz CT molecular complexity index is 852. The summed E-state index contributed by atoms with van der Waals surface area (Å²) in [6.45, 7) is 10.1. The molecule has 0 radical (unpaired) electrons. The first-order valence-corrected chi connectivity index (χ1v) is 10.9. The van der Waals surface area contributed by atoms with Gasteiger partial charge in [-0.25, -0.2) is 0 Å². The monoisotopic (exact) mass is 432 g/mol. The molecular formula is C23H32N2O6. The van der Waals surface area contributed by atoms with Crippen LogP contribution in [0.15, 0.2) is 18.2 Å². The number of amides is 1. The van der Waals surface area contributed by atoms with Crippen molar-refractivity contribution in [3.8, 4) is 5.75 Å². The molecule has 3 rings (SSSR count). The SMILES string of the molecule is CC(C)C1Oc2cc([N+](=O)[O-])ccc2N(CC(=O)OC2CCC(C(C)(C)C)CC2)C1=O. The highest BCUT2D eigenvalue weighted by atomic mass is 16.6. The van der Waals surface area contributed by atoms with Gasteiger partial charge in [-0.15, -0.1) is 0 Å². The summed E-state index contributed by atoms with van der Waals surface area (Å²) >= 11 is 0. The van der Waals surface area contributed by atoms with Gasteiger partial charge in [-0.2, -0.15) is 0 Å². The maximum absolute atomic E-state index is 13.0. The van der Waals surface area contributed by atoms with Gasteiger partial charge in [0.15, 0.2) is 11.9 Å². The Morgan fingerprint density at radius 1 is 1.26 bits per heavy atom. The third kappa shape index (κ3) is 5.17. The van der Waals surface area contributed by atoms with E-state index in [1.54, 1.807) is 0 Å². The molecule has 31 heavy (non-hydrogen) atoms. The number of rotatable bonds is 5. The molecule has 8 nitrogen and oxygen atoms in total. The van der Waals surface area contributed by atoms with Crippen molar-refractivity contribution in [3.05, 3.63) is 28.3 Å². The highest BCUT2D eigenvalue weighted by Gasteiger charge is 2.39. The number of ether oxygens (including phenoxy) is 2. The molecule has 2 aliphatic rings. The molecule has 1 atom stereocenters. The Labute approximate surface area is 183 Å². The van der Waals surface area contributed by atoms with Crippen LogP contribution in [-0.2, 0) is 14.3 Å². The Morgan fingerprint density at radius 3 is 2.45 bits per heavy atom. The van der Waals surface area contributed by atoms with Crippen LogP contribution in [0.25, 0.3) is 0 Å². The van der Waals surface area contributed by atoms with Crippen LogP contribution in [0.1, 0.15) is 60.3 Å². The molecule has 1 aromatic carbocycles. The summed E-state index contributed by atoms with van der Waals surface area (Å²) in [4.78, 5) is 37.6. The molecule has 170 valence electrons. The van der Waals surface area contributed by atoms with Crippen molar-refractivity contribution in [2.24, 2.45) is 17.3 Å². The summed E-state index contributed by atoms with van der Waals surface area (Å²) in [6, 6.07) is 4.05. The molecule has 1 amide bonds. The average Bonchev–Trinajstić information content (AvgIpc) is 2.68. The van der Waals surface area contributed by atoms with Crippen molar-refractivity contribution in [1.29, 1.82) is 0 Å². The zero-order valence-corrected chi connectivity index (χ0v) is 18.9. The van der Waals surface area contributed by atoms with E-state index in [2.05, 4.69) is 20.8 Å². The van der Waals surface area contributed by atoms with Gasteiger partial charge in [0, 0.05) is 6.07 Å². The highest BCUT2D eigenvalue weighted by molar-refractivity contribution is 6.03. The summed E-state index contributed by atoms with van der Waals surface area (Å²) in [5.74, 6) is -0.138. The van der Waals surface area contributed by atoms with Crippen molar-refractivity contribution in [3.63, 3.8) is 0 Å². The Kier molecular flexibility index (Phi) is 6.57. The van der Waals surface area contributed by atoms with E-state index in [0.717, 1.165) is 25.7 Å². The smallest absolute Gasteiger partial charge is 0.326 e.